The first-order valence-corrected chi connectivity index (χ1v) is 11.6. The van der Waals surface area contributed by atoms with Crippen LogP contribution in [0.4, 0.5) is 0 Å². The largest absolute Gasteiger partial charge is 0.368 e. The van der Waals surface area contributed by atoms with Gasteiger partial charge in [0.15, 0.2) is 6.29 Å². The number of rotatable bonds is 11. The summed E-state index contributed by atoms with van der Waals surface area (Å²) in [5.41, 5.74) is 3.20. The molecule has 0 unspecified atom stereocenters. The van der Waals surface area contributed by atoms with Crippen molar-refractivity contribution in [2.45, 2.75) is 50.5 Å². The number of hydrogen-bond donors (Lipinski definition) is 0. The molecule has 178 valence electrons. The van der Waals surface area contributed by atoms with Gasteiger partial charge in [-0.25, -0.2) is 0 Å². The van der Waals surface area contributed by atoms with E-state index in [1.807, 2.05) is 91.0 Å². The van der Waals surface area contributed by atoms with Gasteiger partial charge < -0.3 is 23.7 Å². The fourth-order valence-electron chi connectivity index (χ4n) is 4.07. The lowest BCUT2D eigenvalue weighted by atomic mass is 9.97. The lowest BCUT2D eigenvalue weighted by Crippen LogP contribution is -2.60. The average molecular weight is 461 g/mol. The molecule has 0 N–H and O–H groups in total. The van der Waals surface area contributed by atoms with Crippen LogP contribution in [0.2, 0.25) is 0 Å². The second-order valence-electron chi connectivity index (χ2n) is 8.22. The Labute approximate surface area is 201 Å². The summed E-state index contributed by atoms with van der Waals surface area (Å²) in [5, 5.41) is 0. The summed E-state index contributed by atoms with van der Waals surface area (Å²) in [6.45, 7) is 5.22. The second-order valence-corrected chi connectivity index (χ2v) is 8.22. The van der Waals surface area contributed by atoms with E-state index in [9.17, 15) is 0 Å². The highest BCUT2D eigenvalue weighted by molar-refractivity contribution is 5.16. The Morgan fingerprint density at radius 1 is 0.647 bits per heavy atom. The van der Waals surface area contributed by atoms with Crippen LogP contribution in [0, 0.1) is 0 Å². The Bertz CT molecular complexity index is 979. The zero-order valence-corrected chi connectivity index (χ0v) is 19.5. The molecule has 3 aromatic carbocycles. The van der Waals surface area contributed by atoms with Gasteiger partial charge in [0.25, 0.3) is 0 Å². The predicted octanol–water partition coefficient (Wildman–Crippen LogP) is 5.30. The number of hydrogen-bond acceptors (Lipinski definition) is 5. The molecule has 1 aliphatic rings. The summed E-state index contributed by atoms with van der Waals surface area (Å²) in [5.74, 6) is 0. The second kappa shape index (κ2) is 12.6. The molecular weight excluding hydrogens is 428 g/mol. The Hall–Kier alpha value is -2.80. The van der Waals surface area contributed by atoms with Gasteiger partial charge in [0.2, 0.25) is 0 Å². The van der Waals surface area contributed by atoms with E-state index in [-0.39, 0.29) is 0 Å². The minimum Gasteiger partial charge on any atom is -0.368 e. The fraction of sp³-hybridized carbons (Fsp3) is 0.310. The van der Waals surface area contributed by atoms with Crippen LogP contribution < -0.4 is 0 Å². The van der Waals surface area contributed by atoms with Crippen LogP contribution in [0.5, 0.6) is 0 Å². The first kappa shape index (κ1) is 24.3. The van der Waals surface area contributed by atoms with Gasteiger partial charge >= 0.3 is 0 Å². The van der Waals surface area contributed by atoms with Crippen molar-refractivity contribution in [3.63, 3.8) is 0 Å². The summed E-state index contributed by atoms with van der Waals surface area (Å²) in [7, 11) is 1.61. The van der Waals surface area contributed by atoms with Gasteiger partial charge in [0.1, 0.15) is 24.4 Å². The van der Waals surface area contributed by atoms with E-state index in [1.165, 1.54) is 0 Å². The van der Waals surface area contributed by atoms with E-state index in [1.54, 1.807) is 13.2 Å². The van der Waals surface area contributed by atoms with Crippen molar-refractivity contribution in [1.29, 1.82) is 0 Å². The molecule has 1 fully saturated rings. The quantitative estimate of drug-likeness (QED) is 0.364. The van der Waals surface area contributed by atoms with Crippen LogP contribution in [0.3, 0.4) is 0 Å². The van der Waals surface area contributed by atoms with Crippen LogP contribution in [0.25, 0.3) is 0 Å². The molecule has 0 aliphatic carbocycles. The standard InChI is InChI=1S/C29H32O5/c1-3-25-26(31-19-22-13-7-4-8-14-22)27(32-20-23-15-9-5-10-16-23)28(29(30-2)34-25)33-21-24-17-11-6-12-18-24/h3-18,25-29H,1,19-21H2,2H3/t25-,26-,27+,28-,29+/m1/s1. The minimum atomic E-state index is -0.621. The maximum Gasteiger partial charge on any atom is 0.186 e. The smallest absolute Gasteiger partial charge is 0.186 e. The summed E-state index contributed by atoms with van der Waals surface area (Å²) in [6, 6.07) is 30.2. The highest BCUT2D eigenvalue weighted by Crippen LogP contribution is 2.31. The Morgan fingerprint density at radius 3 is 1.47 bits per heavy atom. The van der Waals surface area contributed by atoms with Gasteiger partial charge in [-0.3, -0.25) is 0 Å². The van der Waals surface area contributed by atoms with Gasteiger partial charge in [-0.15, -0.1) is 6.58 Å². The van der Waals surface area contributed by atoms with E-state index in [0.717, 1.165) is 16.7 Å². The monoisotopic (exact) mass is 460 g/mol. The molecule has 0 saturated carbocycles. The van der Waals surface area contributed by atoms with Gasteiger partial charge in [0, 0.05) is 7.11 Å². The molecule has 1 aliphatic heterocycles. The Morgan fingerprint density at radius 2 is 1.06 bits per heavy atom. The van der Waals surface area contributed by atoms with Gasteiger partial charge in [0.05, 0.1) is 19.8 Å². The molecule has 0 spiro atoms. The molecular formula is C29H32O5. The Balaban J connectivity index is 1.57. The molecule has 3 aromatic rings. The van der Waals surface area contributed by atoms with Crippen molar-refractivity contribution in [1.82, 2.24) is 0 Å². The molecule has 4 rings (SSSR count). The van der Waals surface area contributed by atoms with Gasteiger partial charge in [-0.1, -0.05) is 97.1 Å². The lowest BCUT2D eigenvalue weighted by Gasteiger charge is -2.44. The lowest BCUT2D eigenvalue weighted by molar-refractivity contribution is -0.309. The number of methoxy groups -OCH3 is 1. The van der Waals surface area contributed by atoms with Crippen molar-refractivity contribution < 1.29 is 23.7 Å². The van der Waals surface area contributed by atoms with E-state index >= 15 is 0 Å². The van der Waals surface area contributed by atoms with Crippen molar-refractivity contribution in [3.8, 4) is 0 Å². The van der Waals surface area contributed by atoms with Crippen molar-refractivity contribution >= 4 is 0 Å². The van der Waals surface area contributed by atoms with Crippen LogP contribution in [-0.2, 0) is 43.5 Å². The summed E-state index contributed by atoms with van der Waals surface area (Å²) < 4.78 is 31.1. The zero-order valence-electron chi connectivity index (χ0n) is 19.5. The molecule has 5 heteroatoms. The van der Waals surface area contributed by atoms with Gasteiger partial charge in [-0.2, -0.15) is 0 Å². The maximum absolute atomic E-state index is 6.48. The number of ether oxygens (including phenoxy) is 5. The van der Waals surface area contributed by atoms with Gasteiger partial charge in [-0.05, 0) is 16.7 Å². The van der Waals surface area contributed by atoms with E-state index in [0.29, 0.717) is 19.8 Å². The molecule has 0 radical (unpaired) electrons. The molecule has 0 bridgehead atoms. The molecule has 1 heterocycles. The van der Waals surface area contributed by atoms with E-state index in [4.69, 9.17) is 23.7 Å². The molecule has 5 atom stereocenters. The van der Waals surface area contributed by atoms with Crippen LogP contribution >= 0.6 is 0 Å². The number of benzene rings is 3. The highest BCUT2D eigenvalue weighted by Gasteiger charge is 2.47. The zero-order chi connectivity index (χ0) is 23.6. The highest BCUT2D eigenvalue weighted by atomic mass is 16.7. The summed E-state index contributed by atoms with van der Waals surface area (Å²) in [4.78, 5) is 0. The third kappa shape index (κ3) is 6.41. The van der Waals surface area contributed by atoms with Crippen LogP contribution in [0.15, 0.2) is 104 Å². The maximum atomic E-state index is 6.48. The van der Waals surface area contributed by atoms with Crippen molar-refractivity contribution in [2.75, 3.05) is 7.11 Å². The predicted molar refractivity (Wildman–Crippen MR) is 131 cm³/mol. The third-order valence-corrected chi connectivity index (χ3v) is 5.85. The van der Waals surface area contributed by atoms with Crippen molar-refractivity contribution in [2.24, 2.45) is 0 Å². The SMILES string of the molecule is C=C[C@H]1O[C@H](OC)[C@H](OCc2ccccc2)[C@@H](OCc2ccccc2)[C@@H]1OCc1ccccc1. The van der Waals surface area contributed by atoms with Crippen LogP contribution in [0.1, 0.15) is 16.7 Å². The first-order valence-electron chi connectivity index (χ1n) is 11.6. The first-order chi connectivity index (χ1) is 16.8. The Kier molecular flexibility index (Phi) is 9.02. The molecule has 1 saturated heterocycles. The molecule has 34 heavy (non-hydrogen) atoms. The molecule has 5 nitrogen and oxygen atoms in total. The summed E-state index contributed by atoms with van der Waals surface area (Å²) >= 11 is 0. The van der Waals surface area contributed by atoms with E-state index in [2.05, 4.69) is 6.58 Å². The topological polar surface area (TPSA) is 46.2 Å². The summed E-state index contributed by atoms with van der Waals surface area (Å²) in [6.07, 6.45) is -0.641. The average Bonchev–Trinajstić information content (AvgIpc) is 2.91. The normalized spacial score (nSPS) is 24.6. The fourth-order valence-corrected chi connectivity index (χ4v) is 4.07. The van der Waals surface area contributed by atoms with E-state index < -0.39 is 30.7 Å². The minimum absolute atomic E-state index is 0.407. The third-order valence-electron chi connectivity index (χ3n) is 5.85. The van der Waals surface area contributed by atoms with Crippen LogP contribution in [-0.4, -0.2) is 37.8 Å². The molecule has 0 aromatic heterocycles. The molecule has 0 amide bonds. The van der Waals surface area contributed by atoms with Crippen molar-refractivity contribution in [3.05, 3.63) is 120 Å².